The van der Waals surface area contributed by atoms with E-state index in [4.69, 9.17) is 18.9 Å². The first kappa shape index (κ1) is 21.5. The highest BCUT2D eigenvalue weighted by molar-refractivity contribution is 5.47. The molecule has 0 amide bonds. The summed E-state index contributed by atoms with van der Waals surface area (Å²) < 4.78 is 22.8. The molecule has 1 saturated carbocycles. The monoisotopic (exact) mass is 438 g/mol. The van der Waals surface area contributed by atoms with Crippen molar-refractivity contribution in [3.63, 3.8) is 0 Å². The third kappa shape index (κ3) is 4.04. The highest BCUT2D eigenvalue weighted by Crippen LogP contribution is 2.45. The van der Waals surface area contributed by atoms with E-state index < -0.39 is 30.5 Å². The number of hydrogen-bond acceptors (Lipinski definition) is 6. The van der Waals surface area contributed by atoms with Crippen molar-refractivity contribution in [3.8, 4) is 11.5 Å². The average molecular weight is 439 g/mol. The molecule has 32 heavy (non-hydrogen) atoms. The third-order valence-electron chi connectivity index (χ3n) is 6.67. The van der Waals surface area contributed by atoms with E-state index in [1.54, 1.807) is 6.08 Å². The SMILES string of the molecule is C=C[C@@H]1[C@@H](O)[C@H](O)[C@@H](OC)O[C@H]1c1ccc(C2CC2)c(Cc2ccc3c(c2)OCCO3)c1. The van der Waals surface area contributed by atoms with Gasteiger partial charge in [0.1, 0.15) is 19.3 Å². The van der Waals surface area contributed by atoms with Crippen molar-refractivity contribution in [1.82, 2.24) is 0 Å². The molecule has 0 radical (unpaired) electrons. The van der Waals surface area contributed by atoms with Crippen LogP contribution in [0.2, 0.25) is 0 Å². The second kappa shape index (κ2) is 8.87. The van der Waals surface area contributed by atoms with E-state index in [1.165, 1.54) is 31.1 Å². The van der Waals surface area contributed by atoms with Crippen LogP contribution < -0.4 is 9.47 Å². The molecule has 2 aliphatic heterocycles. The molecular formula is C26H30O6. The molecule has 0 spiro atoms. The lowest BCUT2D eigenvalue weighted by Gasteiger charge is -2.41. The van der Waals surface area contributed by atoms with Crippen molar-refractivity contribution >= 4 is 0 Å². The van der Waals surface area contributed by atoms with Gasteiger partial charge in [-0.05, 0) is 59.6 Å². The number of rotatable bonds is 6. The van der Waals surface area contributed by atoms with Crippen LogP contribution in [0.3, 0.4) is 0 Å². The zero-order valence-corrected chi connectivity index (χ0v) is 18.3. The van der Waals surface area contributed by atoms with Gasteiger partial charge in [0.15, 0.2) is 17.8 Å². The standard InChI is InChI=1S/C26H30O6/c1-3-19-23(27)24(28)26(29-2)32-25(19)17-7-8-20(16-5-6-16)18(14-17)12-15-4-9-21-22(13-15)31-11-10-30-21/h3-4,7-9,13-14,16,19,23-28H,1,5-6,10-12H2,2H3/t19-,23-,24+,25+,26+/m1/s1. The van der Waals surface area contributed by atoms with E-state index in [9.17, 15) is 10.2 Å². The quantitative estimate of drug-likeness (QED) is 0.673. The van der Waals surface area contributed by atoms with Crippen LogP contribution in [0.1, 0.15) is 47.1 Å². The van der Waals surface area contributed by atoms with Crippen molar-refractivity contribution in [2.24, 2.45) is 5.92 Å². The molecule has 6 heteroatoms. The van der Waals surface area contributed by atoms with Gasteiger partial charge in [0, 0.05) is 13.0 Å². The summed E-state index contributed by atoms with van der Waals surface area (Å²) in [6.45, 7) is 5.01. The van der Waals surface area contributed by atoms with Gasteiger partial charge in [-0.1, -0.05) is 30.3 Å². The molecule has 2 heterocycles. The predicted octanol–water partition coefficient (Wildman–Crippen LogP) is 3.49. The minimum Gasteiger partial charge on any atom is -0.486 e. The number of methoxy groups -OCH3 is 1. The fraction of sp³-hybridized carbons (Fsp3) is 0.462. The lowest BCUT2D eigenvalue weighted by atomic mass is 9.83. The Morgan fingerprint density at radius 3 is 2.53 bits per heavy atom. The normalized spacial score (nSPS) is 29.5. The molecule has 2 fully saturated rings. The Kier molecular flexibility index (Phi) is 5.95. The number of fused-ring (bicyclic) bond motifs is 1. The van der Waals surface area contributed by atoms with Gasteiger partial charge in [-0.25, -0.2) is 0 Å². The molecule has 6 nitrogen and oxygen atoms in total. The van der Waals surface area contributed by atoms with E-state index in [2.05, 4.69) is 36.9 Å². The van der Waals surface area contributed by atoms with Crippen molar-refractivity contribution in [2.45, 2.75) is 49.8 Å². The summed E-state index contributed by atoms with van der Waals surface area (Å²) in [5.74, 6) is 1.74. The van der Waals surface area contributed by atoms with Crippen LogP contribution in [-0.4, -0.2) is 49.0 Å². The summed E-state index contributed by atoms with van der Waals surface area (Å²) in [5.41, 5.74) is 4.70. The molecular weight excluding hydrogens is 408 g/mol. The van der Waals surface area contributed by atoms with Gasteiger partial charge in [0.05, 0.1) is 12.2 Å². The van der Waals surface area contributed by atoms with E-state index in [0.29, 0.717) is 19.1 Å². The summed E-state index contributed by atoms with van der Waals surface area (Å²) in [5, 5.41) is 20.9. The van der Waals surface area contributed by atoms with Crippen LogP contribution in [0, 0.1) is 5.92 Å². The number of benzene rings is 2. The maximum atomic E-state index is 10.6. The molecule has 2 N–H and O–H groups in total. The molecule has 2 aromatic rings. The maximum Gasteiger partial charge on any atom is 0.186 e. The highest BCUT2D eigenvalue weighted by atomic mass is 16.7. The van der Waals surface area contributed by atoms with Gasteiger partial charge in [-0.3, -0.25) is 0 Å². The van der Waals surface area contributed by atoms with Gasteiger partial charge >= 0.3 is 0 Å². The first-order valence-electron chi connectivity index (χ1n) is 11.3. The van der Waals surface area contributed by atoms with Crippen LogP contribution >= 0.6 is 0 Å². The lowest BCUT2D eigenvalue weighted by molar-refractivity contribution is -0.273. The number of aliphatic hydroxyl groups is 2. The van der Waals surface area contributed by atoms with E-state index in [1.807, 2.05) is 6.07 Å². The number of ether oxygens (including phenoxy) is 4. The molecule has 5 rings (SSSR count). The first-order valence-corrected chi connectivity index (χ1v) is 11.3. The minimum absolute atomic E-state index is 0.440. The zero-order valence-electron chi connectivity index (χ0n) is 18.3. The second-order valence-electron chi connectivity index (χ2n) is 8.84. The summed E-state index contributed by atoms with van der Waals surface area (Å²) in [4.78, 5) is 0. The van der Waals surface area contributed by atoms with Crippen LogP contribution in [-0.2, 0) is 15.9 Å². The Bertz CT molecular complexity index is 984. The Hall–Kier alpha value is -2.38. The van der Waals surface area contributed by atoms with Gasteiger partial charge in [0.2, 0.25) is 0 Å². The van der Waals surface area contributed by atoms with Crippen molar-refractivity contribution in [2.75, 3.05) is 20.3 Å². The van der Waals surface area contributed by atoms with Gasteiger partial charge < -0.3 is 29.2 Å². The molecule has 1 aliphatic carbocycles. The van der Waals surface area contributed by atoms with E-state index in [0.717, 1.165) is 29.0 Å². The fourth-order valence-corrected chi connectivity index (χ4v) is 4.81. The Balaban J connectivity index is 1.47. The predicted molar refractivity (Wildman–Crippen MR) is 119 cm³/mol. The lowest BCUT2D eigenvalue weighted by Crippen LogP contribution is -2.51. The second-order valence-corrected chi connectivity index (χ2v) is 8.84. The topological polar surface area (TPSA) is 77.4 Å². The molecule has 5 atom stereocenters. The molecule has 0 unspecified atom stereocenters. The number of aliphatic hydroxyl groups excluding tert-OH is 2. The van der Waals surface area contributed by atoms with Crippen LogP contribution in [0.4, 0.5) is 0 Å². The minimum atomic E-state index is -1.12. The summed E-state index contributed by atoms with van der Waals surface area (Å²) in [6.07, 6.45) is 1.35. The van der Waals surface area contributed by atoms with Gasteiger partial charge in [-0.15, -0.1) is 6.58 Å². The van der Waals surface area contributed by atoms with E-state index >= 15 is 0 Å². The largest absolute Gasteiger partial charge is 0.486 e. The maximum absolute atomic E-state index is 10.6. The van der Waals surface area contributed by atoms with Crippen LogP contribution in [0.25, 0.3) is 0 Å². The van der Waals surface area contributed by atoms with Crippen LogP contribution in [0.15, 0.2) is 49.1 Å². The summed E-state index contributed by atoms with van der Waals surface area (Å²) >= 11 is 0. The highest BCUT2D eigenvalue weighted by Gasteiger charge is 2.44. The van der Waals surface area contributed by atoms with E-state index in [-0.39, 0.29) is 0 Å². The van der Waals surface area contributed by atoms with Crippen LogP contribution in [0.5, 0.6) is 11.5 Å². The van der Waals surface area contributed by atoms with Crippen molar-refractivity contribution in [1.29, 1.82) is 0 Å². The molecule has 0 bridgehead atoms. The molecule has 3 aliphatic rings. The molecule has 2 aromatic carbocycles. The fourth-order valence-electron chi connectivity index (χ4n) is 4.81. The first-order chi connectivity index (χ1) is 15.6. The molecule has 1 saturated heterocycles. The Morgan fingerprint density at radius 1 is 1.03 bits per heavy atom. The summed E-state index contributed by atoms with van der Waals surface area (Å²) in [6, 6.07) is 12.5. The summed E-state index contributed by atoms with van der Waals surface area (Å²) in [7, 11) is 1.47. The zero-order chi connectivity index (χ0) is 22.2. The number of hydrogen-bond donors (Lipinski definition) is 2. The Labute approximate surface area is 188 Å². The van der Waals surface area contributed by atoms with Gasteiger partial charge in [-0.2, -0.15) is 0 Å². The average Bonchev–Trinajstić information content (AvgIpc) is 3.66. The molecule has 170 valence electrons. The smallest absolute Gasteiger partial charge is 0.186 e. The third-order valence-corrected chi connectivity index (χ3v) is 6.67. The Morgan fingerprint density at radius 2 is 1.81 bits per heavy atom. The molecule has 0 aromatic heterocycles. The van der Waals surface area contributed by atoms with Crippen molar-refractivity contribution < 1.29 is 29.2 Å². The van der Waals surface area contributed by atoms with Gasteiger partial charge in [0.25, 0.3) is 0 Å². The van der Waals surface area contributed by atoms with Crippen molar-refractivity contribution in [3.05, 3.63) is 71.3 Å².